The first-order valence-electron chi connectivity index (χ1n) is 6.47. The van der Waals surface area contributed by atoms with Crippen LogP contribution in [0.3, 0.4) is 0 Å². The maximum absolute atomic E-state index is 11.9. The summed E-state index contributed by atoms with van der Waals surface area (Å²) in [5, 5.41) is 14.2. The summed E-state index contributed by atoms with van der Waals surface area (Å²) in [4.78, 5) is 23.8. The Morgan fingerprint density at radius 1 is 1.24 bits per heavy atom. The molecule has 6 heteroatoms. The molecular formula is C15H16N2O4. The molecule has 0 fully saturated rings. The molecule has 0 aliphatic rings. The summed E-state index contributed by atoms with van der Waals surface area (Å²) in [7, 11) is 0. The second kappa shape index (κ2) is 6.71. The van der Waals surface area contributed by atoms with Crippen molar-refractivity contribution in [3.05, 3.63) is 54.0 Å². The van der Waals surface area contributed by atoms with E-state index in [1.54, 1.807) is 43.3 Å². The Morgan fingerprint density at radius 2 is 2.05 bits per heavy atom. The van der Waals surface area contributed by atoms with Gasteiger partial charge in [-0.25, -0.2) is 0 Å². The van der Waals surface area contributed by atoms with Crippen LogP contribution in [-0.4, -0.2) is 29.6 Å². The molecule has 0 radical (unpaired) electrons. The molecule has 6 nitrogen and oxygen atoms in total. The molecule has 1 aromatic heterocycles. The lowest BCUT2D eigenvalue weighted by molar-refractivity contribution is 0.0921. The maximum Gasteiger partial charge on any atom is 0.291 e. The first-order chi connectivity index (χ1) is 10.1. The Labute approximate surface area is 121 Å². The predicted octanol–water partition coefficient (Wildman–Crippen LogP) is 1.64. The zero-order valence-electron chi connectivity index (χ0n) is 11.5. The third-order valence-electron chi connectivity index (χ3n) is 2.78. The number of aliphatic hydroxyl groups is 1. The number of hydrogen-bond acceptors (Lipinski definition) is 4. The van der Waals surface area contributed by atoms with Gasteiger partial charge in [0.15, 0.2) is 5.76 Å². The number of anilines is 1. The van der Waals surface area contributed by atoms with Gasteiger partial charge in [-0.2, -0.15) is 0 Å². The van der Waals surface area contributed by atoms with E-state index in [4.69, 9.17) is 9.52 Å². The summed E-state index contributed by atoms with van der Waals surface area (Å²) in [5.74, 6) is -0.509. The third kappa shape index (κ3) is 3.93. The van der Waals surface area contributed by atoms with Crippen LogP contribution in [0.15, 0.2) is 47.1 Å². The van der Waals surface area contributed by atoms with E-state index in [2.05, 4.69) is 10.6 Å². The van der Waals surface area contributed by atoms with Crippen molar-refractivity contribution in [1.29, 1.82) is 0 Å². The van der Waals surface area contributed by atoms with Crippen molar-refractivity contribution >= 4 is 17.5 Å². The molecule has 2 rings (SSSR count). The summed E-state index contributed by atoms with van der Waals surface area (Å²) in [6.07, 6.45) is 1.41. The molecule has 0 saturated carbocycles. The Morgan fingerprint density at radius 3 is 2.71 bits per heavy atom. The molecule has 0 aliphatic heterocycles. The van der Waals surface area contributed by atoms with Gasteiger partial charge < -0.3 is 20.2 Å². The topological polar surface area (TPSA) is 91.6 Å². The van der Waals surface area contributed by atoms with Crippen LogP contribution in [0.25, 0.3) is 0 Å². The highest BCUT2D eigenvalue weighted by atomic mass is 16.3. The highest BCUT2D eigenvalue weighted by Crippen LogP contribution is 2.13. The van der Waals surface area contributed by atoms with Crippen molar-refractivity contribution < 1.29 is 19.1 Å². The van der Waals surface area contributed by atoms with Gasteiger partial charge in [-0.3, -0.25) is 9.59 Å². The Bertz CT molecular complexity index is 622. The summed E-state index contributed by atoms with van der Waals surface area (Å²) in [5.41, 5.74) is 0.883. The lowest BCUT2D eigenvalue weighted by Gasteiger charge is -2.11. The molecule has 0 bridgehead atoms. The van der Waals surface area contributed by atoms with Crippen molar-refractivity contribution in [3.8, 4) is 0 Å². The molecule has 0 spiro atoms. The Hall–Kier alpha value is -2.60. The average Bonchev–Trinajstić information content (AvgIpc) is 3.01. The summed E-state index contributed by atoms with van der Waals surface area (Å²) in [6, 6.07) is 9.36. The fraction of sp³-hybridized carbons (Fsp3) is 0.200. The highest BCUT2D eigenvalue weighted by molar-refractivity contribution is 6.03. The van der Waals surface area contributed by atoms with E-state index in [1.807, 2.05) is 0 Å². The maximum atomic E-state index is 11.9. The largest absolute Gasteiger partial charge is 0.459 e. The molecule has 3 N–H and O–H groups in total. The van der Waals surface area contributed by atoms with Gasteiger partial charge in [0.2, 0.25) is 0 Å². The standard InChI is InChI=1S/C15H16N2O4/c1-10(9-18)16-14(19)11-4-2-5-12(8-11)17-15(20)13-6-3-7-21-13/h2-8,10,18H,9H2,1H3,(H,16,19)(H,17,20). The monoisotopic (exact) mass is 288 g/mol. The molecule has 1 unspecified atom stereocenters. The quantitative estimate of drug-likeness (QED) is 0.780. The van der Waals surface area contributed by atoms with Crippen LogP contribution in [0, 0.1) is 0 Å². The van der Waals surface area contributed by atoms with Crippen molar-refractivity contribution in [3.63, 3.8) is 0 Å². The Kier molecular flexibility index (Phi) is 4.73. The van der Waals surface area contributed by atoms with Crippen LogP contribution < -0.4 is 10.6 Å². The summed E-state index contributed by atoms with van der Waals surface area (Å²) in [6.45, 7) is 1.56. The number of carbonyl (C=O) groups excluding carboxylic acids is 2. The van der Waals surface area contributed by atoms with E-state index in [1.165, 1.54) is 6.26 Å². The minimum Gasteiger partial charge on any atom is -0.459 e. The second-order valence-electron chi connectivity index (χ2n) is 4.57. The molecule has 110 valence electrons. The highest BCUT2D eigenvalue weighted by Gasteiger charge is 2.12. The SMILES string of the molecule is CC(CO)NC(=O)c1cccc(NC(=O)c2ccco2)c1. The normalized spacial score (nSPS) is 11.7. The first-order valence-corrected chi connectivity index (χ1v) is 6.47. The molecule has 2 amide bonds. The number of benzene rings is 1. The van der Waals surface area contributed by atoms with Gasteiger partial charge in [-0.05, 0) is 37.3 Å². The zero-order valence-corrected chi connectivity index (χ0v) is 11.5. The van der Waals surface area contributed by atoms with E-state index in [0.717, 1.165) is 0 Å². The van der Waals surface area contributed by atoms with Gasteiger partial charge in [0, 0.05) is 17.3 Å². The molecule has 1 aromatic carbocycles. The fourth-order valence-electron chi connectivity index (χ4n) is 1.69. The number of aliphatic hydroxyl groups excluding tert-OH is 1. The third-order valence-corrected chi connectivity index (χ3v) is 2.78. The summed E-state index contributed by atoms with van der Waals surface area (Å²) >= 11 is 0. The van der Waals surface area contributed by atoms with Crippen molar-refractivity contribution in [2.24, 2.45) is 0 Å². The smallest absolute Gasteiger partial charge is 0.291 e. The number of carbonyl (C=O) groups is 2. The van der Waals surface area contributed by atoms with E-state index < -0.39 is 0 Å². The van der Waals surface area contributed by atoms with Gasteiger partial charge in [0.1, 0.15) is 0 Å². The van der Waals surface area contributed by atoms with Gasteiger partial charge in [0.05, 0.1) is 12.9 Å². The van der Waals surface area contributed by atoms with Gasteiger partial charge in [-0.15, -0.1) is 0 Å². The van der Waals surface area contributed by atoms with Crippen LogP contribution in [-0.2, 0) is 0 Å². The second-order valence-corrected chi connectivity index (χ2v) is 4.57. The number of hydrogen-bond donors (Lipinski definition) is 3. The fourth-order valence-corrected chi connectivity index (χ4v) is 1.69. The predicted molar refractivity (Wildman–Crippen MR) is 77.1 cm³/mol. The first kappa shape index (κ1) is 14.8. The van der Waals surface area contributed by atoms with Gasteiger partial charge in [0.25, 0.3) is 11.8 Å². The van der Waals surface area contributed by atoms with Crippen LogP contribution in [0.5, 0.6) is 0 Å². The van der Waals surface area contributed by atoms with Crippen molar-refractivity contribution in [2.75, 3.05) is 11.9 Å². The van der Waals surface area contributed by atoms with Crippen molar-refractivity contribution in [1.82, 2.24) is 5.32 Å². The minimum absolute atomic E-state index is 0.138. The number of rotatable bonds is 5. The molecule has 21 heavy (non-hydrogen) atoms. The Balaban J connectivity index is 2.07. The van der Waals surface area contributed by atoms with E-state index in [-0.39, 0.29) is 30.2 Å². The summed E-state index contributed by atoms with van der Waals surface area (Å²) < 4.78 is 4.99. The zero-order chi connectivity index (χ0) is 15.2. The molecule has 2 aromatic rings. The van der Waals surface area contributed by atoms with E-state index in [9.17, 15) is 9.59 Å². The number of nitrogens with one attached hydrogen (secondary N) is 2. The molecule has 0 aliphatic carbocycles. The van der Waals surface area contributed by atoms with E-state index in [0.29, 0.717) is 11.3 Å². The van der Waals surface area contributed by atoms with Crippen LogP contribution in [0.1, 0.15) is 27.8 Å². The number of amides is 2. The van der Waals surface area contributed by atoms with E-state index >= 15 is 0 Å². The lowest BCUT2D eigenvalue weighted by atomic mass is 10.1. The van der Waals surface area contributed by atoms with Gasteiger partial charge >= 0.3 is 0 Å². The van der Waals surface area contributed by atoms with Crippen LogP contribution >= 0.6 is 0 Å². The number of furan rings is 1. The minimum atomic E-state index is -0.388. The molecule has 1 atom stereocenters. The van der Waals surface area contributed by atoms with Crippen LogP contribution in [0.2, 0.25) is 0 Å². The molecule has 1 heterocycles. The lowest BCUT2D eigenvalue weighted by Crippen LogP contribution is -2.35. The average molecular weight is 288 g/mol. The molecular weight excluding hydrogens is 272 g/mol. The van der Waals surface area contributed by atoms with Gasteiger partial charge in [-0.1, -0.05) is 6.07 Å². The molecule has 0 saturated heterocycles. The van der Waals surface area contributed by atoms with Crippen LogP contribution in [0.4, 0.5) is 5.69 Å². The van der Waals surface area contributed by atoms with Crippen molar-refractivity contribution in [2.45, 2.75) is 13.0 Å².